The third-order valence-electron chi connectivity index (χ3n) is 4.80. The van der Waals surface area contributed by atoms with Crippen LogP contribution >= 0.6 is 0 Å². The van der Waals surface area contributed by atoms with Crippen molar-refractivity contribution in [1.82, 2.24) is 4.90 Å². The molecule has 1 fully saturated rings. The van der Waals surface area contributed by atoms with Crippen LogP contribution in [-0.2, 0) is 9.59 Å². The van der Waals surface area contributed by atoms with Crippen LogP contribution in [0.4, 0.5) is 5.69 Å². The molecule has 1 aromatic rings. The Morgan fingerprint density at radius 2 is 1.83 bits per heavy atom. The summed E-state index contributed by atoms with van der Waals surface area (Å²) in [4.78, 5) is 26.5. The average molecular weight is 316 g/mol. The van der Waals surface area contributed by atoms with Gasteiger partial charge in [0.15, 0.2) is 0 Å². The summed E-state index contributed by atoms with van der Waals surface area (Å²) in [6, 6.07) is 6.14. The summed E-state index contributed by atoms with van der Waals surface area (Å²) in [5.74, 6) is -0.680. The molecule has 2 amide bonds. The SMILES string of the molecule is Cc1cccc(C(C)C)c1NC(=O)C(=O)N(C)C1CCCCC1. The Bertz CT molecular complexity index is 575. The van der Waals surface area contributed by atoms with Gasteiger partial charge >= 0.3 is 11.8 Å². The highest BCUT2D eigenvalue weighted by molar-refractivity contribution is 6.39. The Morgan fingerprint density at radius 3 is 2.43 bits per heavy atom. The van der Waals surface area contributed by atoms with Gasteiger partial charge in [-0.3, -0.25) is 9.59 Å². The van der Waals surface area contributed by atoms with Gasteiger partial charge in [0.05, 0.1) is 0 Å². The average Bonchev–Trinajstić information content (AvgIpc) is 2.55. The first-order valence-electron chi connectivity index (χ1n) is 8.59. The number of amides is 2. The smallest absolute Gasteiger partial charge is 0.313 e. The molecule has 0 atom stereocenters. The summed E-state index contributed by atoms with van der Waals surface area (Å²) in [6.07, 6.45) is 5.50. The lowest BCUT2D eigenvalue weighted by Gasteiger charge is -2.30. The van der Waals surface area contributed by atoms with E-state index in [0.29, 0.717) is 0 Å². The minimum atomic E-state index is -0.533. The fourth-order valence-electron chi connectivity index (χ4n) is 3.30. The molecule has 126 valence electrons. The quantitative estimate of drug-likeness (QED) is 0.861. The topological polar surface area (TPSA) is 49.4 Å². The third kappa shape index (κ3) is 4.12. The zero-order valence-corrected chi connectivity index (χ0v) is 14.7. The van der Waals surface area contributed by atoms with E-state index in [9.17, 15) is 9.59 Å². The largest absolute Gasteiger partial charge is 0.335 e. The van der Waals surface area contributed by atoms with Crippen LogP contribution in [0.2, 0.25) is 0 Å². The van der Waals surface area contributed by atoms with E-state index >= 15 is 0 Å². The summed E-state index contributed by atoms with van der Waals surface area (Å²) in [6.45, 7) is 6.12. The highest BCUT2D eigenvalue weighted by Gasteiger charge is 2.27. The summed E-state index contributed by atoms with van der Waals surface area (Å²) in [5, 5.41) is 2.85. The van der Waals surface area contributed by atoms with E-state index in [2.05, 4.69) is 19.2 Å². The molecule has 0 bridgehead atoms. The normalized spacial score (nSPS) is 15.5. The molecule has 23 heavy (non-hydrogen) atoms. The van der Waals surface area contributed by atoms with Gasteiger partial charge < -0.3 is 10.2 Å². The standard InChI is InChI=1S/C19H28N2O2/c1-13(2)16-12-8-9-14(3)17(16)20-18(22)19(23)21(4)15-10-6-5-7-11-15/h8-9,12-13,15H,5-7,10-11H2,1-4H3,(H,20,22). The van der Waals surface area contributed by atoms with E-state index in [-0.39, 0.29) is 12.0 Å². The predicted molar refractivity (Wildman–Crippen MR) is 93.5 cm³/mol. The fourth-order valence-corrected chi connectivity index (χ4v) is 3.30. The summed E-state index contributed by atoms with van der Waals surface area (Å²) >= 11 is 0. The molecular weight excluding hydrogens is 288 g/mol. The number of para-hydroxylation sites is 1. The molecule has 0 aliphatic heterocycles. The van der Waals surface area contributed by atoms with Crippen LogP contribution in [0.15, 0.2) is 18.2 Å². The maximum Gasteiger partial charge on any atom is 0.313 e. The van der Waals surface area contributed by atoms with Crippen LogP contribution in [0.25, 0.3) is 0 Å². The van der Waals surface area contributed by atoms with Gasteiger partial charge in [-0.2, -0.15) is 0 Å². The van der Waals surface area contributed by atoms with Gasteiger partial charge in [0.25, 0.3) is 0 Å². The number of benzene rings is 1. The monoisotopic (exact) mass is 316 g/mol. The summed E-state index contributed by atoms with van der Waals surface area (Å²) in [7, 11) is 1.75. The van der Waals surface area contributed by atoms with Crippen molar-refractivity contribution >= 4 is 17.5 Å². The van der Waals surface area contributed by atoms with Crippen molar-refractivity contribution in [2.24, 2.45) is 0 Å². The number of nitrogens with zero attached hydrogens (tertiary/aromatic N) is 1. The van der Waals surface area contributed by atoms with Crippen molar-refractivity contribution in [3.8, 4) is 0 Å². The number of hydrogen-bond donors (Lipinski definition) is 1. The fraction of sp³-hybridized carbons (Fsp3) is 0.579. The molecule has 1 N–H and O–H groups in total. The lowest BCUT2D eigenvalue weighted by atomic mass is 9.94. The van der Waals surface area contributed by atoms with Gasteiger partial charge in [0.1, 0.15) is 0 Å². The number of likely N-dealkylation sites (N-methyl/N-ethyl adjacent to an activating group) is 1. The number of aryl methyl sites for hydroxylation is 1. The van der Waals surface area contributed by atoms with E-state index in [0.717, 1.165) is 42.5 Å². The number of carbonyl (C=O) groups is 2. The van der Waals surface area contributed by atoms with Crippen LogP contribution < -0.4 is 5.32 Å². The lowest BCUT2D eigenvalue weighted by Crippen LogP contribution is -2.44. The minimum absolute atomic E-state index is 0.198. The number of carbonyl (C=O) groups excluding carboxylic acids is 2. The summed E-state index contributed by atoms with van der Waals surface area (Å²) < 4.78 is 0. The molecule has 4 heteroatoms. The van der Waals surface area contributed by atoms with Crippen molar-refractivity contribution in [3.63, 3.8) is 0 Å². The molecule has 0 radical (unpaired) electrons. The second-order valence-corrected chi connectivity index (χ2v) is 6.86. The Hall–Kier alpha value is -1.84. The number of hydrogen-bond acceptors (Lipinski definition) is 2. The second-order valence-electron chi connectivity index (χ2n) is 6.86. The van der Waals surface area contributed by atoms with Gasteiger partial charge in [-0.15, -0.1) is 0 Å². The molecule has 0 unspecified atom stereocenters. The molecule has 1 aliphatic rings. The Balaban J connectivity index is 2.11. The Kier molecular flexibility index (Phi) is 5.80. The van der Waals surface area contributed by atoms with Crippen LogP contribution in [-0.4, -0.2) is 29.8 Å². The van der Waals surface area contributed by atoms with E-state index in [4.69, 9.17) is 0 Å². The maximum atomic E-state index is 12.5. The van der Waals surface area contributed by atoms with Gasteiger partial charge in [0.2, 0.25) is 0 Å². The first-order valence-corrected chi connectivity index (χ1v) is 8.59. The van der Waals surface area contributed by atoms with Crippen LogP contribution in [0, 0.1) is 6.92 Å². The number of anilines is 1. The number of rotatable bonds is 3. The molecule has 0 aromatic heterocycles. The van der Waals surface area contributed by atoms with Gasteiger partial charge in [0, 0.05) is 18.8 Å². The molecule has 1 aromatic carbocycles. The van der Waals surface area contributed by atoms with Crippen LogP contribution in [0.1, 0.15) is 63.0 Å². The van der Waals surface area contributed by atoms with E-state index in [1.54, 1.807) is 11.9 Å². The number of nitrogens with one attached hydrogen (secondary N) is 1. The lowest BCUT2D eigenvalue weighted by molar-refractivity contribution is -0.144. The highest BCUT2D eigenvalue weighted by atomic mass is 16.2. The minimum Gasteiger partial charge on any atom is -0.335 e. The van der Waals surface area contributed by atoms with Crippen LogP contribution in [0.5, 0.6) is 0 Å². The van der Waals surface area contributed by atoms with Crippen molar-refractivity contribution in [2.45, 2.75) is 64.8 Å². The first kappa shape index (κ1) is 17.5. The third-order valence-corrected chi connectivity index (χ3v) is 4.80. The summed E-state index contributed by atoms with van der Waals surface area (Å²) in [5.41, 5.74) is 2.82. The molecule has 1 aliphatic carbocycles. The molecular formula is C19H28N2O2. The molecule has 0 heterocycles. The predicted octanol–water partition coefficient (Wildman–Crippen LogP) is 3.85. The van der Waals surface area contributed by atoms with Crippen molar-refractivity contribution in [2.75, 3.05) is 12.4 Å². The van der Waals surface area contributed by atoms with Crippen molar-refractivity contribution in [1.29, 1.82) is 0 Å². The highest BCUT2D eigenvalue weighted by Crippen LogP contribution is 2.27. The van der Waals surface area contributed by atoms with Crippen LogP contribution in [0.3, 0.4) is 0 Å². The molecule has 0 spiro atoms. The van der Waals surface area contributed by atoms with E-state index in [1.165, 1.54) is 6.42 Å². The maximum absolute atomic E-state index is 12.5. The van der Waals surface area contributed by atoms with Crippen molar-refractivity contribution < 1.29 is 9.59 Å². The van der Waals surface area contributed by atoms with Gasteiger partial charge in [-0.05, 0) is 36.8 Å². The molecule has 2 rings (SSSR count). The second kappa shape index (κ2) is 7.62. The van der Waals surface area contributed by atoms with Gasteiger partial charge in [-0.25, -0.2) is 0 Å². The Morgan fingerprint density at radius 1 is 1.17 bits per heavy atom. The van der Waals surface area contributed by atoms with E-state index < -0.39 is 11.8 Å². The van der Waals surface area contributed by atoms with E-state index in [1.807, 2.05) is 25.1 Å². The Labute approximate surface area is 139 Å². The molecule has 4 nitrogen and oxygen atoms in total. The first-order chi connectivity index (χ1) is 10.9. The zero-order valence-electron chi connectivity index (χ0n) is 14.7. The van der Waals surface area contributed by atoms with Crippen molar-refractivity contribution in [3.05, 3.63) is 29.3 Å². The van der Waals surface area contributed by atoms with Gasteiger partial charge in [-0.1, -0.05) is 51.3 Å². The molecule has 0 saturated heterocycles. The zero-order chi connectivity index (χ0) is 17.0. The molecule has 1 saturated carbocycles.